The van der Waals surface area contributed by atoms with E-state index >= 15 is 0 Å². The Hall–Kier alpha value is -4.13. The van der Waals surface area contributed by atoms with Crippen molar-refractivity contribution in [3.05, 3.63) is 69.3 Å². The van der Waals surface area contributed by atoms with Crippen molar-refractivity contribution in [1.29, 1.82) is 0 Å². The molecule has 0 saturated carbocycles. The van der Waals surface area contributed by atoms with E-state index in [1.165, 1.54) is 52.1 Å². The maximum absolute atomic E-state index is 13.0. The van der Waals surface area contributed by atoms with Crippen molar-refractivity contribution in [2.75, 3.05) is 0 Å². The monoisotopic (exact) mass is 460 g/mol. The Morgan fingerprint density at radius 2 is 1.91 bits per heavy atom. The molecule has 1 aromatic carbocycles. The van der Waals surface area contributed by atoms with Crippen LogP contribution >= 0.6 is 0 Å². The van der Waals surface area contributed by atoms with Crippen molar-refractivity contribution in [3.8, 4) is 5.75 Å². The summed E-state index contributed by atoms with van der Waals surface area (Å²) in [6.07, 6.45) is 0. The molecule has 1 amide bonds. The van der Waals surface area contributed by atoms with Gasteiger partial charge in [0.25, 0.3) is 11.5 Å². The van der Waals surface area contributed by atoms with Gasteiger partial charge in [0, 0.05) is 20.5 Å². The van der Waals surface area contributed by atoms with E-state index in [-0.39, 0.29) is 24.2 Å². The smallest absolute Gasteiger partial charge is 0.415 e. The maximum Gasteiger partial charge on any atom is 0.415 e. The summed E-state index contributed by atoms with van der Waals surface area (Å²) < 4.78 is 19.0. The molecule has 12 nitrogen and oxygen atoms in total. The molecule has 3 rings (SSSR count). The molecular weight excluding hydrogens is 439 g/mol. The average Bonchev–Trinajstić information content (AvgIpc) is 3.21. The van der Waals surface area contributed by atoms with Gasteiger partial charge in [-0.1, -0.05) is 12.1 Å². The van der Waals surface area contributed by atoms with E-state index in [0.717, 1.165) is 4.57 Å². The standard InChI is InChI=1S/C20H21FN6O6/c1-10-24-25-16(32-10)18(31)33-26-20(2,3)19-23-13(14(28)17(30)27(19)4)15(29)22-9-11-5-7-12(21)8-6-11/h5-8,26,28H,9H2,1-4H3,(H,22,29). The third-order valence-corrected chi connectivity index (χ3v) is 4.51. The summed E-state index contributed by atoms with van der Waals surface area (Å²) in [7, 11) is 1.33. The molecule has 0 spiro atoms. The fourth-order valence-electron chi connectivity index (χ4n) is 2.82. The number of hydroxylamine groups is 1. The highest BCUT2D eigenvalue weighted by Gasteiger charge is 2.32. The second kappa shape index (κ2) is 9.16. The number of hydrogen-bond acceptors (Lipinski definition) is 10. The zero-order valence-corrected chi connectivity index (χ0v) is 18.2. The molecule has 0 atom stereocenters. The molecule has 33 heavy (non-hydrogen) atoms. The Labute approximate surface area is 186 Å². The second-order valence-corrected chi connectivity index (χ2v) is 7.55. The molecule has 3 aromatic rings. The van der Waals surface area contributed by atoms with Crippen molar-refractivity contribution in [2.45, 2.75) is 32.9 Å². The summed E-state index contributed by atoms with van der Waals surface area (Å²) in [4.78, 5) is 46.3. The SMILES string of the molecule is Cc1nnc(C(=O)ONC(C)(C)c2nc(C(=O)NCc3ccc(F)cc3)c(O)c(=O)n2C)o1. The molecule has 0 aliphatic heterocycles. The number of nitrogens with zero attached hydrogens (tertiary/aromatic N) is 4. The molecule has 0 fully saturated rings. The molecule has 2 aromatic heterocycles. The first-order valence-corrected chi connectivity index (χ1v) is 9.61. The zero-order chi connectivity index (χ0) is 24.3. The molecular formula is C20H21FN6O6. The van der Waals surface area contributed by atoms with E-state index in [1.54, 1.807) is 0 Å². The van der Waals surface area contributed by atoms with E-state index in [2.05, 4.69) is 26.0 Å². The topological polar surface area (TPSA) is 161 Å². The lowest BCUT2D eigenvalue weighted by Crippen LogP contribution is -2.44. The Balaban J connectivity index is 1.81. The van der Waals surface area contributed by atoms with Crippen LogP contribution in [-0.4, -0.2) is 36.7 Å². The summed E-state index contributed by atoms with van der Waals surface area (Å²) >= 11 is 0. The van der Waals surface area contributed by atoms with Crippen molar-refractivity contribution in [3.63, 3.8) is 0 Å². The van der Waals surface area contributed by atoms with Crippen LogP contribution in [0.3, 0.4) is 0 Å². The first-order chi connectivity index (χ1) is 15.5. The third kappa shape index (κ3) is 5.20. The Kier molecular flexibility index (Phi) is 6.53. The Morgan fingerprint density at radius 3 is 2.52 bits per heavy atom. The van der Waals surface area contributed by atoms with Crippen LogP contribution in [0.15, 0.2) is 33.5 Å². The van der Waals surface area contributed by atoms with Gasteiger partial charge < -0.3 is 19.7 Å². The van der Waals surface area contributed by atoms with Crippen molar-refractivity contribution < 1.29 is 28.3 Å². The number of rotatable bonds is 7. The number of carbonyl (C=O) groups is 2. The molecule has 0 radical (unpaired) electrons. The highest BCUT2D eigenvalue weighted by atomic mass is 19.1. The van der Waals surface area contributed by atoms with Gasteiger partial charge in [0.2, 0.25) is 11.6 Å². The van der Waals surface area contributed by atoms with Crippen LogP contribution in [0.1, 0.15) is 52.3 Å². The van der Waals surface area contributed by atoms with Gasteiger partial charge in [0.15, 0.2) is 5.69 Å². The lowest BCUT2D eigenvalue weighted by atomic mass is 10.1. The first kappa shape index (κ1) is 23.5. The van der Waals surface area contributed by atoms with Gasteiger partial charge in [0.1, 0.15) is 17.2 Å². The summed E-state index contributed by atoms with van der Waals surface area (Å²) in [5.74, 6) is -3.32. The predicted molar refractivity (Wildman–Crippen MR) is 109 cm³/mol. The van der Waals surface area contributed by atoms with Gasteiger partial charge in [-0.05, 0) is 31.5 Å². The van der Waals surface area contributed by atoms with Crippen LogP contribution in [-0.2, 0) is 24.0 Å². The molecule has 2 heterocycles. The van der Waals surface area contributed by atoms with Crippen LogP contribution in [0.2, 0.25) is 0 Å². The molecule has 3 N–H and O–H groups in total. The first-order valence-electron chi connectivity index (χ1n) is 9.61. The highest BCUT2D eigenvalue weighted by molar-refractivity contribution is 5.94. The third-order valence-electron chi connectivity index (χ3n) is 4.51. The van der Waals surface area contributed by atoms with Crippen LogP contribution in [0, 0.1) is 12.7 Å². The Morgan fingerprint density at radius 1 is 1.24 bits per heavy atom. The van der Waals surface area contributed by atoms with Crippen LogP contribution < -0.4 is 16.4 Å². The fraction of sp³-hybridized carbons (Fsp3) is 0.300. The normalized spacial score (nSPS) is 11.3. The number of nitrogens with one attached hydrogen (secondary N) is 2. The fourth-order valence-corrected chi connectivity index (χ4v) is 2.82. The van der Waals surface area contributed by atoms with Gasteiger partial charge in [0.05, 0.1) is 0 Å². The molecule has 0 saturated heterocycles. The minimum absolute atomic E-state index is 0.00757. The summed E-state index contributed by atoms with van der Waals surface area (Å²) in [6, 6.07) is 5.42. The van der Waals surface area contributed by atoms with E-state index in [4.69, 9.17) is 9.25 Å². The number of halogens is 1. The van der Waals surface area contributed by atoms with Gasteiger partial charge in [-0.3, -0.25) is 14.2 Å². The number of aromatic nitrogens is 4. The molecule has 13 heteroatoms. The van der Waals surface area contributed by atoms with Crippen LogP contribution in [0.4, 0.5) is 4.39 Å². The predicted octanol–water partition coefficient (Wildman–Crippen LogP) is 0.843. The number of hydrogen-bond donors (Lipinski definition) is 3. The minimum Gasteiger partial charge on any atom is -0.501 e. The summed E-state index contributed by atoms with van der Waals surface area (Å²) in [5.41, 5.74) is 0.341. The van der Waals surface area contributed by atoms with Gasteiger partial charge >= 0.3 is 11.9 Å². The number of aromatic hydroxyl groups is 1. The van der Waals surface area contributed by atoms with Crippen molar-refractivity contribution in [1.82, 2.24) is 30.5 Å². The van der Waals surface area contributed by atoms with E-state index in [1.807, 2.05) is 0 Å². The van der Waals surface area contributed by atoms with Crippen molar-refractivity contribution >= 4 is 11.9 Å². The molecule has 0 aliphatic rings. The van der Waals surface area contributed by atoms with E-state index in [9.17, 15) is 23.9 Å². The van der Waals surface area contributed by atoms with Gasteiger partial charge in [-0.2, -0.15) is 0 Å². The zero-order valence-electron chi connectivity index (χ0n) is 18.2. The van der Waals surface area contributed by atoms with Gasteiger partial charge in [-0.25, -0.2) is 14.2 Å². The van der Waals surface area contributed by atoms with E-state index < -0.39 is 40.2 Å². The summed E-state index contributed by atoms with van der Waals surface area (Å²) in [6.45, 7) is 4.56. The number of amides is 1. The minimum atomic E-state index is -1.29. The second-order valence-electron chi connectivity index (χ2n) is 7.55. The largest absolute Gasteiger partial charge is 0.501 e. The molecule has 0 bridgehead atoms. The Bertz CT molecular complexity index is 1250. The lowest BCUT2D eigenvalue weighted by molar-refractivity contribution is -0.00615. The number of benzene rings is 1. The lowest BCUT2D eigenvalue weighted by Gasteiger charge is -2.26. The molecule has 0 unspecified atom stereocenters. The molecule has 174 valence electrons. The van der Waals surface area contributed by atoms with E-state index in [0.29, 0.717) is 5.56 Å². The maximum atomic E-state index is 13.0. The highest BCUT2D eigenvalue weighted by Crippen LogP contribution is 2.20. The summed E-state index contributed by atoms with van der Waals surface area (Å²) in [5, 5.41) is 19.8. The van der Waals surface area contributed by atoms with Crippen LogP contribution in [0.25, 0.3) is 0 Å². The number of aryl methyl sites for hydroxylation is 1. The number of carbonyl (C=O) groups excluding carboxylic acids is 2. The average molecular weight is 460 g/mol. The van der Waals surface area contributed by atoms with Crippen LogP contribution in [0.5, 0.6) is 5.75 Å². The van der Waals surface area contributed by atoms with Crippen molar-refractivity contribution in [2.24, 2.45) is 7.05 Å². The van der Waals surface area contributed by atoms with Gasteiger partial charge in [-0.15, -0.1) is 15.7 Å². The quantitative estimate of drug-likeness (QED) is 0.431. The molecule has 0 aliphatic carbocycles.